The Bertz CT molecular complexity index is 209. The molecule has 3 nitrogen and oxygen atoms in total. The van der Waals surface area contributed by atoms with E-state index < -0.39 is 6.10 Å². The summed E-state index contributed by atoms with van der Waals surface area (Å²) in [5.74, 6) is 0. The number of hydrogen-bond donors (Lipinski definition) is 3. The minimum atomic E-state index is -0.504. The van der Waals surface area contributed by atoms with Crippen molar-refractivity contribution in [2.24, 2.45) is 0 Å². The smallest absolute Gasteiger partial charge is 0.0770 e. The Kier molecular flexibility index (Phi) is 19.8. The SMILES string of the molecule is OCCCCCCCCCCCCCCCCCCC(O)CO. The average molecular weight is 331 g/mol. The van der Waals surface area contributed by atoms with E-state index in [-0.39, 0.29) is 6.61 Å². The van der Waals surface area contributed by atoms with Crippen LogP contribution < -0.4 is 0 Å². The molecule has 0 saturated heterocycles. The number of aliphatic hydroxyl groups is 3. The molecule has 140 valence electrons. The van der Waals surface area contributed by atoms with Crippen LogP contribution in [0.4, 0.5) is 0 Å². The van der Waals surface area contributed by atoms with Gasteiger partial charge in [-0.15, -0.1) is 0 Å². The molecule has 0 bridgehead atoms. The first kappa shape index (κ1) is 22.9. The third kappa shape index (κ3) is 19.8. The lowest BCUT2D eigenvalue weighted by atomic mass is 10.0. The lowest BCUT2D eigenvalue weighted by molar-refractivity contribution is 0.0860. The van der Waals surface area contributed by atoms with E-state index >= 15 is 0 Å². The molecule has 0 saturated carbocycles. The molecule has 0 heterocycles. The third-order valence-corrected chi connectivity index (χ3v) is 4.66. The van der Waals surface area contributed by atoms with Crippen LogP contribution in [-0.2, 0) is 0 Å². The molecule has 0 rings (SSSR count). The van der Waals surface area contributed by atoms with Gasteiger partial charge in [0.1, 0.15) is 0 Å². The minimum absolute atomic E-state index is 0.0935. The summed E-state index contributed by atoms with van der Waals surface area (Å²) in [6, 6.07) is 0. The van der Waals surface area contributed by atoms with Crippen molar-refractivity contribution in [2.45, 2.75) is 115 Å². The molecule has 0 radical (unpaired) electrons. The first-order valence-electron chi connectivity index (χ1n) is 10.2. The Balaban J connectivity index is 2.97. The van der Waals surface area contributed by atoms with Gasteiger partial charge in [0.15, 0.2) is 0 Å². The number of hydrogen-bond acceptors (Lipinski definition) is 3. The van der Waals surface area contributed by atoms with Gasteiger partial charge in [-0.1, -0.05) is 96.3 Å². The largest absolute Gasteiger partial charge is 0.396 e. The van der Waals surface area contributed by atoms with E-state index in [2.05, 4.69) is 0 Å². The van der Waals surface area contributed by atoms with Crippen LogP contribution in [0.5, 0.6) is 0 Å². The Morgan fingerprint density at radius 1 is 0.435 bits per heavy atom. The fourth-order valence-electron chi connectivity index (χ4n) is 3.06. The van der Waals surface area contributed by atoms with Crippen LogP contribution in [0, 0.1) is 0 Å². The lowest BCUT2D eigenvalue weighted by Gasteiger charge is -2.06. The van der Waals surface area contributed by atoms with Crippen LogP contribution in [0.2, 0.25) is 0 Å². The van der Waals surface area contributed by atoms with Crippen LogP contribution in [0.15, 0.2) is 0 Å². The molecule has 0 aliphatic heterocycles. The lowest BCUT2D eigenvalue weighted by Crippen LogP contribution is -2.10. The van der Waals surface area contributed by atoms with Gasteiger partial charge in [-0.2, -0.15) is 0 Å². The van der Waals surface area contributed by atoms with Crippen molar-refractivity contribution >= 4 is 0 Å². The molecular formula is C20H42O3. The number of unbranched alkanes of at least 4 members (excludes halogenated alkanes) is 15. The third-order valence-electron chi connectivity index (χ3n) is 4.66. The van der Waals surface area contributed by atoms with Crippen LogP contribution >= 0.6 is 0 Å². The van der Waals surface area contributed by atoms with Gasteiger partial charge in [-0.25, -0.2) is 0 Å². The second-order valence-corrected chi connectivity index (χ2v) is 7.01. The monoisotopic (exact) mass is 330 g/mol. The van der Waals surface area contributed by atoms with Crippen molar-refractivity contribution in [1.29, 1.82) is 0 Å². The van der Waals surface area contributed by atoms with E-state index in [9.17, 15) is 5.11 Å². The van der Waals surface area contributed by atoms with E-state index in [0.717, 1.165) is 19.3 Å². The van der Waals surface area contributed by atoms with E-state index in [4.69, 9.17) is 10.2 Å². The Hall–Kier alpha value is -0.120. The first-order chi connectivity index (χ1) is 11.3. The normalized spacial score (nSPS) is 12.7. The van der Waals surface area contributed by atoms with E-state index in [1.807, 2.05) is 0 Å². The highest BCUT2D eigenvalue weighted by molar-refractivity contribution is 4.54. The molecule has 1 unspecified atom stereocenters. The quantitative estimate of drug-likeness (QED) is 0.293. The summed E-state index contributed by atoms with van der Waals surface area (Å²) in [6.45, 7) is 0.260. The molecular weight excluding hydrogens is 288 g/mol. The van der Waals surface area contributed by atoms with Crippen molar-refractivity contribution in [3.8, 4) is 0 Å². The zero-order valence-corrected chi connectivity index (χ0v) is 15.4. The van der Waals surface area contributed by atoms with Crippen molar-refractivity contribution in [3.05, 3.63) is 0 Å². The molecule has 0 spiro atoms. The number of aliphatic hydroxyl groups excluding tert-OH is 3. The highest BCUT2D eigenvalue weighted by Gasteiger charge is 2.00. The van der Waals surface area contributed by atoms with Crippen LogP contribution in [0.1, 0.15) is 109 Å². The van der Waals surface area contributed by atoms with Gasteiger partial charge < -0.3 is 15.3 Å². The van der Waals surface area contributed by atoms with Crippen LogP contribution in [0.3, 0.4) is 0 Å². The molecule has 3 heteroatoms. The topological polar surface area (TPSA) is 60.7 Å². The fraction of sp³-hybridized carbons (Fsp3) is 1.00. The summed E-state index contributed by atoms with van der Waals surface area (Å²) in [6.07, 6.45) is 20.9. The van der Waals surface area contributed by atoms with Gasteiger partial charge in [0.2, 0.25) is 0 Å². The molecule has 0 aliphatic rings. The van der Waals surface area contributed by atoms with Crippen LogP contribution in [-0.4, -0.2) is 34.6 Å². The second-order valence-electron chi connectivity index (χ2n) is 7.01. The zero-order valence-electron chi connectivity index (χ0n) is 15.4. The van der Waals surface area contributed by atoms with Gasteiger partial charge in [0.05, 0.1) is 12.7 Å². The first-order valence-corrected chi connectivity index (χ1v) is 10.2. The Morgan fingerprint density at radius 2 is 0.739 bits per heavy atom. The van der Waals surface area contributed by atoms with Crippen LogP contribution in [0.25, 0.3) is 0 Å². The van der Waals surface area contributed by atoms with Crippen molar-refractivity contribution < 1.29 is 15.3 Å². The Morgan fingerprint density at radius 3 is 1.04 bits per heavy atom. The van der Waals surface area contributed by atoms with Gasteiger partial charge in [-0.3, -0.25) is 0 Å². The van der Waals surface area contributed by atoms with E-state index in [1.165, 1.54) is 89.9 Å². The highest BCUT2D eigenvalue weighted by Crippen LogP contribution is 2.14. The summed E-state index contributed by atoms with van der Waals surface area (Å²) >= 11 is 0. The van der Waals surface area contributed by atoms with Gasteiger partial charge >= 0.3 is 0 Å². The van der Waals surface area contributed by atoms with Gasteiger partial charge in [-0.05, 0) is 12.8 Å². The zero-order chi connectivity index (χ0) is 17.0. The maximum Gasteiger partial charge on any atom is 0.0770 e. The molecule has 0 aromatic carbocycles. The van der Waals surface area contributed by atoms with E-state index in [1.54, 1.807) is 0 Å². The highest BCUT2D eigenvalue weighted by atomic mass is 16.3. The summed E-state index contributed by atoms with van der Waals surface area (Å²) in [5, 5.41) is 26.6. The molecule has 1 atom stereocenters. The molecule has 3 N–H and O–H groups in total. The second kappa shape index (κ2) is 19.9. The fourth-order valence-corrected chi connectivity index (χ4v) is 3.06. The number of rotatable bonds is 19. The summed E-state index contributed by atoms with van der Waals surface area (Å²) in [7, 11) is 0. The summed E-state index contributed by atoms with van der Waals surface area (Å²) in [4.78, 5) is 0. The van der Waals surface area contributed by atoms with E-state index in [0.29, 0.717) is 6.61 Å². The average Bonchev–Trinajstić information content (AvgIpc) is 2.57. The molecule has 0 aromatic heterocycles. The summed E-state index contributed by atoms with van der Waals surface area (Å²) in [5.41, 5.74) is 0. The summed E-state index contributed by atoms with van der Waals surface area (Å²) < 4.78 is 0. The molecule has 0 fully saturated rings. The minimum Gasteiger partial charge on any atom is -0.396 e. The molecule has 0 aromatic rings. The predicted octanol–water partition coefficient (Wildman–Crippen LogP) is 4.96. The van der Waals surface area contributed by atoms with Crippen molar-refractivity contribution in [3.63, 3.8) is 0 Å². The van der Waals surface area contributed by atoms with Crippen molar-refractivity contribution in [2.75, 3.05) is 13.2 Å². The molecule has 0 amide bonds. The maximum atomic E-state index is 9.22. The van der Waals surface area contributed by atoms with Crippen molar-refractivity contribution in [1.82, 2.24) is 0 Å². The van der Waals surface area contributed by atoms with Gasteiger partial charge in [0, 0.05) is 6.61 Å². The molecule has 23 heavy (non-hydrogen) atoms. The Labute approximate surface area is 144 Å². The predicted molar refractivity (Wildman–Crippen MR) is 98.7 cm³/mol. The van der Waals surface area contributed by atoms with Gasteiger partial charge in [0.25, 0.3) is 0 Å². The standard InChI is InChI=1S/C20H42O3/c21-18-16-14-12-10-8-6-4-2-1-3-5-7-9-11-13-15-17-20(23)19-22/h20-23H,1-19H2. The maximum absolute atomic E-state index is 9.22. The molecule has 0 aliphatic carbocycles.